The van der Waals surface area contributed by atoms with E-state index in [1.807, 2.05) is 19.1 Å². The average Bonchev–Trinajstić information content (AvgIpc) is 2.88. The van der Waals surface area contributed by atoms with Gasteiger partial charge < -0.3 is 0 Å². The highest BCUT2D eigenvalue weighted by Gasteiger charge is 2.14. The van der Waals surface area contributed by atoms with E-state index in [-0.39, 0.29) is 24.8 Å². The van der Waals surface area contributed by atoms with Crippen molar-refractivity contribution in [3.8, 4) is 6.07 Å². The minimum absolute atomic E-state index is 0.0390. The van der Waals surface area contributed by atoms with Crippen LogP contribution >= 0.6 is 0 Å². The van der Waals surface area contributed by atoms with E-state index in [2.05, 4.69) is 0 Å². The Kier molecular flexibility index (Phi) is 8.58. The molecule has 0 heterocycles. The second kappa shape index (κ2) is 12.0. The van der Waals surface area contributed by atoms with Gasteiger partial charge in [-0.2, -0.15) is 5.26 Å². The fraction of sp³-hybridized carbons (Fsp3) is 0.219. The summed E-state index contributed by atoms with van der Waals surface area (Å²) in [5.41, 5.74) is 1.58. The summed E-state index contributed by atoms with van der Waals surface area (Å²) in [5.74, 6) is -3.41. The van der Waals surface area contributed by atoms with Gasteiger partial charge >= 0.3 is 0 Å². The van der Waals surface area contributed by atoms with Crippen molar-refractivity contribution in [2.45, 2.75) is 45.4 Å². The van der Waals surface area contributed by atoms with Crippen molar-refractivity contribution in [2.75, 3.05) is 0 Å². The summed E-state index contributed by atoms with van der Waals surface area (Å²) < 4.78 is 72.1. The van der Waals surface area contributed by atoms with Crippen molar-refractivity contribution in [3.05, 3.63) is 129 Å². The third-order valence-electron chi connectivity index (χ3n) is 6.70. The molecule has 1 nitrogen and oxygen atoms in total. The van der Waals surface area contributed by atoms with E-state index in [4.69, 9.17) is 5.26 Å². The second-order valence-electron chi connectivity index (χ2n) is 9.29. The number of nitriles is 1. The molecule has 0 aliphatic heterocycles. The number of rotatable bonds is 9. The third kappa shape index (κ3) is 6.11. The molecular formula is C32H26F5N. The van der Waals surface area contributed by atoms with Crippen LogP contribution in [0.4, 0.5) is 22.0 Å². The highest BCUT2D eigenvalue weighted by Crippen LogP contribution is 2.26. The Labute approximate surface area is 218 Å². The fourth-order valence-electron chi connectivity index (χ4n) is 4.62. The molecule has 0 spiro atoms. The molecule has 0 N–H and O–H groups in total. The molecule has 0 atom stereocenters. The molecule has 4 aromatic rings. The second-order valence-corrected chi connectivity index (χ2v) is 9.29. The van der Waals surface area contributed by atoms with E-state index in [1.54, 1.807) is 30.3 Å². The molecule has 0 fully saturated rings. The molecule has 4 rings (SSSR count). The zero-order valence-electron chi connectivity index (χ0n) is 20.9. The van der Waals surface area contributed by atoms with Crippen LogP contribution in [0.25, 0.3) is 10.8 Å². The third-order valence-corrected chi connectivity index (χ3v) is 6.70. The predicted octanol–water partition coefficient (Wildman–Crippen LogP) is 8.49. The molecule has 0 aliphatic rings. The van der Waals surface area contributed by atoms with Gasteiger partial charge in [0.25, 0.3) is 0 Å². The SMILES string of the molecule is C/C=C/CCc1cc(F)c(CCc2ccc3c(F)c(CCc4cc(F)c(C#N)c(F)c4)ccc3c2)c(F)c1. The molecule has 0 aromatic heterocycles. The van der Waals surface area contributed by atoms with Crippen molar-refractivity contribution in [3.63, 3.8) is 0 Å². The van der Waals surface area contributed by atoms with Gasteiger partial charge in [-0.3, -0.25) is 0 Å². The van der Waals surface area contributed by atoms with Crippen LogP contribution in [0.15, 0.2) is 66.7 Å². The lowest BCUT2D eigenvalue weighted by Crippen LogP contribution is -2.02. The minimum atomic E-state index is -0.936. The van der Waals surface area contributed by atoms with Crippen LogP contribution in [0.3, 0.4) is 0 Å². The lowest BCUT2D eigenvalue weighted by Gasteiger charge is -2.11. The number of hydrogen-bond acceptors (Lipinski definition) is 1. The van der Waals surface area contributed by atoms with Crippen molar-refractivity contribution < 1.29 is 22.0 Å². The molecule has 6 heteroatoms. The Morgan fingerprint density at radius 1 is 0.684 bits per heavy atom. The Hall–Kier alpha value is -3.98. The quantitative estimate of drug-likeness (QED) is 0.161. The highest BCUT2D eigenvalue weighted by molar-refractivity contribution is 5.84. The number of nitrogens with zero attached hydrogens (tertiary/aromatic N) is 1. The molecule has 0 amide bonds. The van der Waals surface area contributed by atoms with Gasteiger partial charge in [-0.15, -0.1) is 0 Å². The van der Waals surface area contributed by atoms with Crippen LogP contribution in [-0.4, -0.2) is 0 Å². The standard InChI is InChI=1S/C32H26F5N/c1-2-3-4-5-21-15-28(33)26(29(34)16-21)13-8-20-7-12-25-24(14-20)11-10-23(32(25)37)9-6-22-17-30(35)27(19-38)31(36)18-22/h2-3,7,10-12,14-18H,4-6,8-9,13H2,1H3/b3-2+. The maximum Gasteiger partial charge on any atom is 0.144 e. The van der Waals surface area contributed by atoms with Crippen LogP contribution in [0.2, 0.25) is 0 Å². The molecule has 0 unspecified atom stereocenters. The largest absolute Gasteiger partial charge is 0.207 e. The van der Waals surface area contributed by atoms with E-state index < -0.39 is 34.6 Å². The van der Waals surface area contributed by atoms with Gasteiger partial charge in [-0.25, -0.2) is 22.0 Å². The van der Waals surface area contributed by atoms with Crippen molar-refractivity contribution >= 4 is 10.8 Å². The van der Waals surface area contributed by atoms with Crippen LogP contribution < -0.4 is 0 Å². The number of fused-ring (bicyclic) bond motifs is 1. The zero-order valence-corrected chi connectivity index (χ0v) is 20.9. The lowest BCUT2D eigenvalue weighted by atomic mass is 9.96. The van der Waals surface area contributed by atoms with E-state index in [0.29, 0.717) is 40.3 Å². The first-order valence-corrected chi connectivity index (χ1v) is 12.5. The van der Waals surface area contributed by atoms with Gasteiger partial charge in [-0.1, -0.05) is 42.5 Å². The summed E-state index contributed by atoms with van der Waals surface area (Å²) in [6.07, 6.45) is 6.13. The maximum atomic E-state index is 15.2. The number of halogens is 5. The van der Waals surface area contributed by atoms with Gasteiger partial charge in [0.1, 0.15) is 40.7 Å². The van der Waals surface area contributed by atoms with E-state index in [1.165, 1.54) is 18.2 Å². The summed E-state index contributed by atoms with van der Waals surface area (Å²) in [4.78, 5) is 0. The van der Waals surface area contributed by atoms with Gasteiger partial charge in [0.05, 0.1) is 0 Å². The summed E-state index contributed by atoms with van der Waals surface area (Å²) in [6.45, 7) is 1.90. The summed E-state index contributed by atoms with van der Waals surface area (Å²) in [7, 11) is 0. The molecule has 0 bridgehead atoms. The fourth-order valence-corrected chi connectivity index (χ4v) is 4.62. The van der Waals surface area contributed by atoms with E-state index in [0.717, 1.165) is 24.1 Å². The van der Waals surface area contributed by atoms with Gasteiger partial charge in [-0.05, 0) is 97.4 Å². The molecule has 38 heavy (non-hydrogen) atoms. The molecule has 0 radical (unpaired) electrons. The van der Waals surface area contributed by atoms with Crippen LogP contribution in [0.1, 0.15) is 46.7 Å². The zero-order chi connectivity index (χ0) is 27.2. The lowest BCUT2D eigenvalue weighted by molar-refractivity contribution is 0.551. The first kappa shape index (κ1) is 27.1. The molecular weight excluding hydrogens is 493 g/mol. The van der Waals surface area contributed by atoms with Crippen LogP contribution in [0, 0.1) is 40.4 Å². The van der Waals surface area contributed by atoms with Crippen molar-refractivity contribution in [1.82, 2.24) is 0 Å². The van der Waals surface area contributed by atoms with Crippen molar-refractivity contribution in [1.29, 1.82) is 5.26 Å². The normalized spacial score (nSPS) is 11.4. The number of hydrogen-bond donors (Lipinski definition) is 0. The molecule has 0 aliphatic carbocycles. The Morgan fingerprint density at radius 3 is 1.97 bits per heavy atom. The van der Waals surface area contributed by atoms with Crippen LogP contribution in [-0.2, 0) is 32.1 Å². The average molecular weight is 520 g/mol. The van der Waals surface area contributed by atoms with Crippen LogP contribution in [0.5, 0.6) is 0 Å². The Morgan fingerprint density at radius 2 is 1.32 bits per heavy atom. The maximum absolute atomic E-state index is 15.2. The van der Waals surface area contributed by atoms with Gasteiger partial charge in [0.15, 0.2) is 0 Å². The molecule has 4 aromatic carbocycles. The molecule has 0 saturated carbocycles. The summed E-state index contributed by atoms with van der Waals surface area (Å²) >= 11 is 0. The monoisotopic (exact) mass is 519 g/mol. The first-order chi connectivity index (χ1) is 18.3. The van der Waals surface area contributed by atoms with Gasteiger partial charge in [0.2, 0.25) is 0 Å². The number of benzene rings is 4. The van der Waals surface area contributed by atoms with E-state index in [9.17, 15) is 17.6 Å². The molecule has 194 valence electrons. The smallest absolute Gasteiger partial charge is 0.144 e. The summed E-state index contributed by atoms with van der Waals surface area (Å²) in [5, 5.41) is 9.85. The first-order valence-electron chi connectivity index (χ1n) is 12.5. The topological polar surface area (TPSA) is 23.8 Å². The van der Waals surface area contributed by atoms with Crippen molar-refractivity contribution in [2.24, 2.45) is 0 Å². The van der Waals surface area contributed by atoms with E-state index >= 15 is 4.39 Å². The number of allylic oxidation sites excluding steroid dienone is 2. The Balaban J connectivity index is 1.45. The predicted molar refractivity (Wildman–Crippen MR) is 139 cm³/mol. The highest BCUT2D eigenvalue weighted by atomic mass is 19.1. The molecule has 0 saturated heterocycles. The summed E-state index contributed by atoms with van der Waals surface area (Å²) in [6, 6.07) is 15.0. The number of aryl methyl sites for hydroxylation is 4. The Bertz CT molecular complexity index is 1500. The van der Waals surface area contributed by atoms with Gasteiger partial charge in [0, 0.05) is 10.9 Å². The minimum Gasteiger partial charge on any atom is -0.207 e.